The average molecular weight is 316 g/mol. The van der Waals surface area contributed by atoms with Crippen LogP contribution in [0.2, 0.25) is 0 Å². The van der Waals surface area contributed by atoms with Gasteiger partial charge in [0.15, 0.2) is 0 Å². The van der Waals surface area contributed by atoms with E-state index in [0.29, 0.717) is 17.1 Å². The van der Waals surface area contributed by atoms with E-state index >= 15 is 0 Å². The largest absolute Gasteiger partial charge is 0.497 e. The van der Waals surface area contributed by atoms with E-state index in [-0.39, 0.29) is 0 Å². The Kier molecular flexibility index (Phi) is 4.44. The molecule has 118 valence electrons. The Balaban J connectivity index is 2.07. The summed E-state index contributed by atoms with van der Waals surface area (Å²) in [4.78, 5) is 4.58. The van der Waals surface area contributed by atoms with Gasteiger partial charge < -0.3 is 9.47 Å². The predicted octanol–water partition coefficient (Wildman–Crippen LogP) is 4.32. The van der Waals surface area contributed by atoms with Crippen LogP contribution in [-0.2, 0) is 0 Å². The lowest BCUT2D eigenvalue weighted by atomic mass is 10.0. The van der Waals surface area contributed by atoms with E-state index in [4.69, 9.17) is 9.47 Å². The molecule has 24 heavy (non-hydrogen) atoms. The number of benzene rings is 2. The Morgan fingerprint density at radius 2 is 1.71 bits per heavy atom. The molecular weight excluding hydrogens is 300 g/mol. The standard InChI is InChI=1S/C20H16N2O2/c1-23-18-10-15(11-19(12-18)24-2)16(13-21)9-17-8-7-14-5-3-4-6-20(14)22-17/h3-12H,1-2H3/b16-9+. The fraction of sp³-hybridized carbons (Fsp3) is 0.100. The SMILES string of the molecule is COc1cc(OC)cc(/C(C#N)=C/c2ccc3ccccc3n2)c1. The van der Waals surface area contributed by atoms with Gasteiger partial charge in [0.05, 0.1) is 37.1 Å². The Labute approximate surface area is 140 Å². The minimum Gasteiger partial charge on any atom is -0.497 e. The molecule has 1 heterocycles. The van der Waals surface area contributed by atoms with Gasteiger partial charge in [0.25, 0.3) is 0 Å². The number of aromatic nitrogens is 1. The van der Waals surface area contributed by atoms with Crippen molar-refractivity contribution < 1.29 is 9.47 Å². The van der Waals surface area contributed by atoms with Gasteiger partial charge in [-0.1, -0.05) is 24.3 Å². The molecular formula is C20H16N2O2. The van der Waals surface area contributed by atoms with Crippen LogP contribution < -0.4 is 9.47 Å². The molecule has 0 unspecified atom stereocenters. The van der Waals surface area contributed by atoms with Gasteiger partial charge in [-0.3, -0.25) is 0 Å². The fourth-order valence-corrected chi connectivity index (χ4v) is 2.45. The average Bonchev–Trinajstić information content (AvgIpc) is 2.65. The van der Waals surface area contributed by atoms with Crippen LogP contribution in [0.4, 0.5) is 0 Å². The molecule has 0 saturated carbocycles. The van der Waals surface area contributed by atoms with Gasteiger partial charge in [0.1, 0.15) is 11.5 Å². The van der Waals surface area contributed by atoms with Gasteiger partial charge >= 0.3 is 0 Å². The van der Waals surface area contributed by atoms with Gasteiger partial charge in [-0.2, -0.15) is 5.26 Å². The summed E-state index contributed by atoms with van der Waals surface area (Å²) in [6.45, 7) is 0. The van der Waals surface area contributed by atoms with Crippen molar-refractivity contribution in [2.75, 3.05) is 14.2 Å². The van der Waals surface area contributed by atoms with Crippen LogP contribution in [-0.4, -0.2) is 19.2 Å². The maximum Gasteiger partial charge on any atom is 0.123 e. The first-order chi connectivity index (χ1) is 11.7. The number of allylic oxidation sites excluding steroid dienone is 1. The molecule has 0 spiro atoms. The fourth-order valence-electron chi connectivity index (χ4n) is 2.45. The van der Waals surface area contributed by atoms with Crippen LogP contribution in [0.1, 0.15) is 11.3 Å². The van der Waals surface area contributed by atoms with E-state index in [0.717, 1.165) is 22.2 Å². The normalized spacial score (nSPS) is 11.1. The third-order valence-corrected chi connectivity index (χ3v) is 3.70. The van der Waals surface area contributed by atoms with E-state index in [9.17, 15) is 5.26 Å². The quantitative estimate of drug-likeness (QED) is 0.673. The van der Waals surface area contributed by atoms with Crippen LogP contribution in [0.15, 0.2) is 54.6 Å². The summed E-state index contributed by atoms with van der Waals surface area (Å²) in [5.74, 6) is 1.27. The lowest BCUT2D eigenvalue weighted by molar-refractivity contribution is 0.394. The van der Waals surface area contributed by atoms with Crippen molar-refractivity contribution in [1.82, 2.24) is 4.98 Å². The first-order valence-corrected chi connectivity index (χ1v) is 7.44. The third-order valence-electron chi connectivity index (χ3n) is 3.70. The molecule has 4 heteroatoms. The Hall–Kier alpha value is -3.32. The van der Waals surface area contributed by atoms with E-state index in [1.165, 1.54) is 0 Å². The van der Waals surface area contributed by atoms with Gasteiger partial charge in [-0.15, -0.1) is 0 Å². The Morgan fingerprint density at radius 1 is 1.00 bits per heavy atom. The summed E-state index contributed by atoms with van der Waals surface area (Å²) in [6.07, 6.45) is 1.76. The maximum atomic E-state index is 9.55. The van der Waals surface area contributed by atoms with Crippen molar-refractivity contribution in [2.45, 2.75) is 0 Å². The van der Waals surface area contributed by atoms with Crippen LogP contribution in [0.3, 0.4) is 0 Å². The lowest BCUT2D eigenvalue weighted by Gasteiger charge is -2.08. The van der Waals surface area contributed by atoms with Crippen molar-refractivity contribution in [3.05, 3.63) is 65.9 Å². The molecule has 0 fully saturated rings. The maximum absolute atomic E-state index is 9.55. The lowest BCUT2D eigenvalue weighted by Crippen LogP contribution is -1.91. The third kappa shape index (κ3) is 3.21. The molecule has 0 bridgehead atoms. The van der Waals surface area contributed by atoms with Crippen molar-refractivity contribution in [3.63, 3.8) is 0 Å². The van der Waals surface area contributed by atoms with E-state index in [2.05, 4.69) is 11.1 Å². The van der Waals surface area contributed by atoms with Gasteiger partial charge in [0, 0.05) is 11.5 Å². The van der Waals surface area contributed by atoms with Crippen molar-refractivity contribution in [2.24, 2.45) is 0 Å². The number of nitriles is 1. The van der Waals surface area contributed by atoms with Crippen LogP contribution in [0.5, 0.6) is 11.5 Å². The molecule has 3 rings (SSSR count). The first kappa shape index (κ1) is 15.6. The molecule has 1 aromatic heterocycles. The number of hydrogen-bond donors (Lipinski definition) is 0. The zero-order valence-corrected chi connectivity index (χ0v) is 13.5. The molecule has 0 radical (unpaired) electrons. The van der Waals surface area contributed by atoms with Crippen LogP contribution in [0.25, 0.3) is 22.6 Å². The smallest absolute Gasteiger partial charge is 0.123 e. The first-order valence-electron chi connectivity index (χ1n) is 7.44. The second-order valence-corrected chi connectivity index (χ2v) is 5.20. The molecule has 2 aromatic carbocycles. The van der Waals surface area contributed by atoms with Crippen molar-refractivity contribution in [3.8, 4) is 17.6 Å². The Morgan fingerprint density at radius 3 is 2.38 bits per heavy atom. The van der Waals surface area contributed by atoms with Gasteiger partial charge in [-0.05, 0) is 35.9 Å². The number of fused-ring (bicyclic) bond motifs is 1. The van der Waals surface area contributed by atoms with E-state index < -0.39 is 0 Å². The number of ether oxygens (including phenoxy) is 2. The second-order valence-electron chi connectivity index (χ2n) is 5.20. The molecule has 0 aliphatic carbocycles. The molecule has 0 N–H and O–H groups in total. The second kappa shape index (κ2) is 6.84. The summed E-state index contributed by atoms with van der Waals surface area (Å²) in [7, 11) is 3.17. The number of nitrogens with zero attached hydrogens (tertiary/aromatic N) is 2. The van der Waals surface area contributed by atoms with Gasteiger partial charge in [0.2, 0.25) is 0 Å². The summed E-state index contributed by atoms with van der Waals surface area (Å²) >= 11 is 0. The summed E-state index contributed by atoms with van der Waals surface area (Å²) in [5, 5.41) is 10.6. The van der Waals surface area contributed by atoms with Crippen molar-refractivity contribution in [1.29, 1.82) is 5.26 Å². The predicted molar refractivity (Wildman–Crippen MR) is 94.8 cm³/mol. The topological polar surface area (TPSA) is 55.1 Å². The van der Waals surface area contributed by atoms with Gasteiger partial charge in [-0.25, -0.2) is 4.98 Å². The molecule has 0 aliphatic heterocycles. The van der Waals surface area contributed by atoms with Crippen LogP contribution >= 0.6 is 0 Å². The molecule has 3 aromatic rings. The number of rotatable bonds is 4. The molecule has 0 saturated heterocycles. The minimum absolute atomic E-state index is 0.495. The summed E-state index contributed by atoms with van der Waals surface area (Å²) in [6, 6.07) is 19.4. The molecule has 0 atom stereocenters. The van der Waals surface area contributed by atoms with Crippen molar-refractivity contribution >= 4 is 22.6 Å². The highest BCUT2D eigenvalue weighted by molar-refractivity contribution is 5.91. The Bertz CT molecular complexity index is 933. The molecule has 0 amide bonds. The number of methoxy groups -OCH3 is 2. The van der Waals surface area contributed by atoms with Crippen LogP contribution in [0, 0.1) is 11.3 Å². The zero-order valence-electron chi connectivity index (χ0n) is 13.5. The highest BCUT2D eigenvalue weighted by atomic mass is 16.5. The minimum atomic E-state index is 0.495. The highest BCUT2D eigenvalue weighted by Gasteiger charge is 2.07. The van der Waals surface area contributed by atoms with E-state index in [1.807, 2.05) is 36.4 Å². The molecule has 4 nitrogen and oxygen atoms in total. The number of para-hydroxylation sites is 1. The summed E-state index contributed by atoms with van der Waals surface area (Å²) in [5.41, 5.74) is 2.84. The number of hydrogen-bond acceptors (Lipinski definition) is 4. The number of pyridine rings is 1. The highest BCUT2D eigenvalue weighted by Crippen LogP contribution is 2.28. The summed E-state index contributed by atoms with van der Waals surface area (Å²) < 4.78 is 10.5. The zero-order chi connectivity index (χ0) is 16.9. The monoisotopic (exact) mass is 316 g/mol. The van der Waals surface area contributed by atoms with E-state index in [1.54, 1.807) is 38.5 Å². The molecule has 0 aliphatic rings.